The molecule has 0 spiro atoms. The lowest BCUT2D eigenvalue weighted by molar-refractivity contribution is 0.914. The molecule has 0 saturated heterocycles. The van der Waals surface area contributed by atoms with Gasteiger partial charge in [0.05, 0.1) is 22.9 Å². The Labute approximate surface area is 56.2 Å². The smallest absolute Gasteiger partial charge is 0.174 e. The SMILES string of the molecule is CN(I)C(N)=S. The molecule has 0 rings (SSSR count). The number of hydrogen-bond acceptors (Lipinski definition) is 1. The van der Waals surface area contributed by atoms with Gasteiger partial charge in [0.2, 0.25) is 0 Å². The third-order valence-corrected chi connectivity index (χ3v) is 1.42. The quantitative estimate of drug-likeness (QED) is 0.363. The van der Waals surface area contributed by atoms with E-state index in [0.29, 0.717) is 5.11 Å². The van der Waals surface area contributed by atoms with Crippen LogP contribution >= 0.6 is 35.1 Å². The van der Waals surface area contributed by atoms with Crippen LogP contribution in [-0.2, 0) is 0 Å². The molecule has 0 aromatic heterocycles. The first-order chi connectivity index (χ1) is 2.64. The molecule has 0 unspecified atom stereocenters. The fourth-order valence-electron chi connectivity index (χ4n) is 0. The van der Waals surface area contributed by atoms with E-state index in [1.54, 1.807) is 10.2 Å². The first-order valence-electron chi connectivity index (χ1n) is 1.33. The Bertz CT molecular complexity index is 62.6. The lowest BCUT2D eigenvalue weighted by atomic mass is 11.1. The molecule has 0 heterocycles. The van der Waals surface area contributed by atoms with Gasteiger partial charge < -0.3 is 5.73 Å². The van der Waals surface area contributed by atoms with Crippen LogP contribution in [0.1, 0.15) is 0 Å². The summed E-state index contributed by atoms with van der Waals surface area (Å²) >= 11 is 6.52. The van der Waals surface area contributed by atoms with Gasteiger partial charge >= 0.3 is 0 Å². The zero-order valence-corrected chi connectivity index (χ0v) is 6.28. The number of hydrogen-bond donors (Lipinski definition) is 1. The highest BCUT2D eigenvalue weighted by molar-refractivity contribution is 14.1. The monoisotopic (exact) mass is 216 g/mol. The predicted molar refractivity (Wildman–Crippen MR) is 38.6 cm³/mol. The highest BCUT2D eigenvalue weighted by atomic mass is 127. The molecule has 0 aromatic carbocycles. The summed E-state index contributed by atoms with van der Waals surface area (Å²) in [5.41, 5.74) is 5.09. The largest absolute Gasteiger partial charge is 0.376 e. The molecule has 0 aliphatic heterocycles. The summed E-state index contributed by atoms with van der Waals surface area (Å²) in [6.45, 7) is 0. The van der Waals surface area contributed by atoms with E-state index < -0.39 is 0 Å². The minimum Gasteiger partial charge on any atom is -0.376 e. The van der Waals surface area contributed by atoms with Gasteiger partial charge in [-0.1, -0.05) is 0 Å². The summed E-state index contributed by atoms with van der Waals surface area (Å²) < 4.78 is 1.65. The summed E-state index contributed by atoms with van der Waals surface area (Å²) in [6.07, 6.45) is 0. The van der Waals surface area contributed by atoms with Gasteiger partial charge in [-0.05, 0) is 12.2 Å². The van der Waals surface area contributed by atoms with E-state index in [-0.39, 0.29) is 0 Å². The second-order valence-electron chi connectivity index (χ2n) is 0.815. The molecule has 0 fully saturated rings. The van der Waals surface area contributed by atoms with Gasteiger partial charge in [0, 0.05) is 7.05 Å². The second kappa shape index (κ2) is 2.57. The average Bonchev–Trinajstić information content (AvgIpc) is 1.36. The van der Waals surface area contributed by atoms with Crippen molar-refractivity contribution in [2.75, 3.05) is 7.05 Å². The Balaban J connectivity index is 3.26. The second-order valence-corrected chi connectivity index (χ2v) is 2.68. The van der Waals surface area contributed by atoms with Crippen molar-refractivity contribution in [1.82, 2.24) is 3.11 Å². The van der Waals surface area contributed by atoms with Gasteiger partial charge in [-0.15, -0.1) is 0 Å². The lowest BCUT2D eigenvalue weighted by Crippen LogP contribution is -2.22. The zero-order chi connectivity index (χ0) is 5.15. The zero-order valence-electron chi connectivity index (χ0n) is 3.31. The maximum atomic E-state index is 5.09. The Morgan fingerprint density at radius 1 is 2.00 bits per heavy atom. The number of halogens is 1. The lowest BCUT2D eigenvalue weighted by Gasteiger charge is -2.02. The first-order valence-corrected chi connectivity index (χ1v) is 2.71. The van der Waals surface area contributed by atoms with Crippen LogP contribution in [0.5, 0.6) is 0 Å². The summed E-state index contributed by atoms with van der Waals surface area (Å²) in [5, 5.41) is 0.413. The molecule has 0 atom stereocenters. The standard InChI is InChI=1S/C2H5IN2S/c1-5(3)2(4)6/h1H3,(H2,4,6). The molecule has 4 heteroatoms. The van der Waals surface area contributed by atoms with E-state index in [4.69, 9.17) is 5.73 Å². The van der Waals surface area contributed by atoms with Crippen LogP contribution in [-0.4, -0.2) is 15.3 Å². The number of rotatable bonds is 0. The molecule has 0 aliphatic carbocycles. The molecule has 0 radical (unpaired) electrons. The third kappa shape index (κ3) is 2.65. The minimum absolute atomic E-state index is 0.413. The Kier molecular flexibility index (Phi) is 2.75. The molecule has 0 aliphatic rings. The molecule has 0 aromatic rings. The fraction of sp³-hybridized carbons (Fsp3) is 0.500. The summed E-state index contributed by atoms with van der Waals surface area (Å²) in [7, 11) is 1.79. The molecule has 0 amide bonds. The van der Waals surface area contributed by atoms with Crippen molar-refractivity contribution in [3.63, 3.8) is 0 Å². The van der Waals surface area contributed by atoms with E-state index in [9.17, 15) is 0 Å². The molecule has 0 bridgehead atoms. The predicted octanol–water partition coefficient (Wildman–Crippen LogP) is 0.512. The van der Waals surface area contributed by atoms with Crippen LogP contribution in [0.25, 0.3) is 0 Å². The van der Waals surface area contributed by atoms with Gasteiger partial charge in [0.25, 0.3) is 0 Å². The van der Waals surface area contributed by atoms with Crippen LogP contribution in [0.15, 0.2) is 0 Å². The van der Waals surface area contributed by atoms with Crippen LogP contribution in [0.3, 0.4) is 0 Å². The molecular weight excluding hydrogens is 211 g/mol. The van der Waals surface area contributed by atoms with Gasteiger partial charge in [-0.2, -0.15) is 0 Å². The number of nitrogens with two attached hydrogens (primary N) is 1. The van der Waals surface area contributed by atoms with Crippen molar-refractivity contribution in [1.29, 1.82) is 0 Å². The number of nitrogens with zero attached hydrogens (tertiary/aromatic N) is 1. The maximum absolute atomic E-state index is 5.09. The van der Waals surface area contributed by atoms with E-state index in [1.165, 1.54) is 0 Å². The average molecular weight is 216 g/mol. The third-order valence-electron chi connectivity index (χ3n) is 0.304. The highest BCUT2D eigenvalue weighted by Crippen LogP contribution is 1.88. The van der Waals surface area contributed by atoms with Crippen LogP contribution in [0.2, 0.25) is 0 Å². The first kappa shape index (κ1) is 6.42. The molecule has 2 N–H and O–H groups in total. The number of thiocarbonyl (C=S) groups is 1. The van der Waals surface area contributed by atoms with Crippen molar-refractivity contribution >= 4 is 40.2 Å². The maximum Gasteiger partial charge on any atom is 0.174 e. The van der Waals surface area contributed by atoms with Crippen LogP contribution < -0.4 is 5.73 Å². The van der Waals surface area contributed by atoms with Crippen molar-refractivity contribution < 1.29 is 0 Å². The van der Waals surface area contributed by atoms with Crippen LogP contribution in [0, 0.1) is 0 Å². The highest BCUT2D eigenvalue weighted by Gasteiger charge is 1.85. The van der Waals surface area contributed by atoms with Gasteiger partial charge in [-0.3, -0.25) is 3.11 Å². The normalized spacial score (nSPS) is 7.67. The molecule has 2 nitrogen and oxygen atoms in total. The fourth-order valence-corrected chi connectivity index (χ4v) is 0. The Morgan fingerprint density at radius 2 is 2.17 bits per heavy atom. The summed E-state index contributed by atoms with van der Waals surface area (Å²) in [6, 6.07) is 0. The van der Waals surface area contributed by atoms with Gasteiger partial charge in [0.1, 0.15) is 0 Å². The Hall–Kier alpha value is 0.420. The summed E-state index contributed by atoms with van der Waals surface area (Å²) in [4.78, 5) is 0. The topological polar surface area (TPSA) is 29.3 Å². The van der Waals surface area contributed by atoms with Crippen molar-refractivity contribution in [3.8, 4) is 0 Å². The van der Waals surface area contributed by atoms with Crippen molar-refractivity contribution in [2.45, 2.75) is 0 Å². The molecular formula is C2H5IN2S. The van der Waals surface area contributed by atoms with E-state index in [2.05, 4.69) is 12.2 Å². The van der Waals surface area contributed by atoms with E-state index in [1.807, 2.05) is 22.9 Å². The molecule has 0 saturated carbocycles. The van der Waals surface area contributed by atoms with E-state index >= 15 is 0 Å². The molecule has 6 heavy (non-hydrogen) atoms. The summed E-state index contributed by atoms with van der Waals surface area (Å²) in [5.74, 6) is 0. The van der Waals surface area contributed by atoms with Crippen molar-refractivity contribution in [3.05, 3.63) is 0 Å². The Morgan fingerprint density at radius 3 is 2.17 bits per heavy atom. The molecule has 36 valence electrons. The van der Waals surface area contributed by atoms with E-state index in [0.717, 1.165) is 0 Å². The van der Waals surface area contributed by atoms with Gasteiger partial charge in [-0.25, -0.2) is 0 Å². The van der Waals surface area contributed by atoms with Gasteiger partial charge in [0.15, 0.2) is 5.11 Å². The minimum atomic E-state index is 0.413. The van der Waals surface area contributed by atoms with Crippen LogP contribution in [0.4, 0.5) is 0 Å². The van der Waals surface area contributed by atoms with Crippen molar-refractivity contribution in [2.24, 2.45) is 5.73 Å².